The quantitative estimate of drug-likeness (QED) is 0.659. The zero-order valence-corrected chi connectivity index (χ0v) is 17.4. The fourth-order valence-corrected chi connectivity index (χ4v) is 6.01. The molecule has 1 aliphatic rings. The number of benzene rings is 2. The van der Waals surface area contributed by atoms with Crippen LogP contribution >= 0.6 is 11.8 Å². The van der Waals surface area contributed by atoms with Gasteiger partial charge in [-0.1, -0.05) is 19.8 Å². The van der Waals surface area contributed by atoms with Crippen molar-refractivity contribution in [1.82, 2.24) is 0 Å². The first-order chi connectivity index (χ1) is 13.3. The Morgan fingerprint density at radius 1 is 1.21 bits per heavy atom. The average Bonchev–Trinajstić information content (AvgIpc) is 2.76. The Morgan fingerprint density at radius 2 is 1.96 bits per heavy atom. The molecule has 0 radical (unpaired) electrons. The lowest BCUT2D eigenvalue weighted by atomic mass is 10.1. The fraction of sp³-hybridized carbons (Fsp3) is 0.400. The Labute approximate surface area is 168 Å². The van der Waals surface area contributed by atoms with Gasteiger partial charge in [0.1, 0.15) is 5.75 Å². The van der Waals surface area contributed by atoms with Crippen LogP contribution in [0.2, 0.25) is 0 Å². The summed E-state index contributed by atoms with van der Waals surface area (Å²) in [5.41, 5.74) is 0.761. The predicted octanol–water partition coefficient (Wildman–Crippen LogP) is 5.27. The molecule has 2 aromatic carbocycles. The summed E-state index contributed by atoms with van der Waals surface area (Å²) in [6.07, 6.45) is 4.32. The molecule has 3 rings (SSSR count). The second-order valence-electron chi connectivity index (χ2n) is 6.84. The van der Waals surface area contributed by atoms with E-state index >= 15 is 0 Å². The van der Waals surface area contributed by atoms with E-state index in [-0.39, 0.29) is 10.6 Å². The van der Waals surface area contributed by atoms with E-state index in [4.69, 9.17) is 0 Å². The van der Waals surface area contributed by atoms with Gasteiger partial charge in [0, 0.05) is 24.4 Å². The maximum absolute atomic E-state index is 13.9. The summed E-state index contributed by atoms with van der Waals surface area (Å²) in [7, 11) is -3.68. The zero-order valence-electron chi connectivity index (χ0n) is 15.8. The van der Waals surface area contributed by atoms with Gasteiger partial charge in [-0.2, -0.15) is 0 Å². The number of nitrogens with zero attached hydrogens (tertiary/aromatic N) is 1. The van der Waals surface area contributed by atoms with Gasteiger partial charge in [-0.25, -0.2) is 17.2 Å². The van der Waals surface area contributed by atoms with Crippen LogP contribution in [-0.2, 0) is 9.84 Å². The fourth-order valence-electron chi connectivity index (χ4n) is 3.52. The Balaban J connectivity index is 2.20. The number of aromatic hydroxyl groups is 1. The highest BCUT2D eigenvalue weighted by atomic mass is 32.2. The van der Waals surface area contributed by atoms with Crippen molar-refractivity contribution in [3.63, 3.8) is 0 Å². The molecule has 0 saturated heterocycles. The van der Waals surface area contributed by atoms with Crippen molar-refractivity contribution in [3.8, 4) is 5.75 Å². The van der Waals surface area contributed by atoms with Gasteiger partial charge in [0.2, 0.25) is 0 Å². The lowest BCUT2D eigenvalue weighted by Crippen LogP contribution is -2.23. The van der Waals surface area contributed by atoms with Crippen LogP contribution in [0.15, 0.2) is 40.1 Å². The van der Waals surface area contributed by atoms with Gasteiger partial charge < -0.3 is 10.0 Å². The van der Waals surface area contributed by atoms with Gasteiger partial charge >= 0.3 is 0 Å². The number of sulfone groups is 1. The van der Waals surface area contributed by atoms with Crippen molar-refractivity contribution in [1.29, 1.82) is 0 Å². The van der Waals surface area contributed by atoms with E-state index in [0.29, 0.717) is 35.7 Å². The number of rotatable bonds is 5. The summed E-state index contributed by atoms with van der Waals surface area (Å²) in [6, 6.07) is 6.44. The first kappa shape index (κ1) is 20.9. The summed E-state index contributed by atoms with van der Waals surface area (Å²) in [5, 5.41) is 9.69. The molecule has 28 heavy (non-hydrogen) atoms. The highest BCUT2D eigenvalue weighted by Gasteiger charge is 2.35. The minimum Gasteiger partial charge on any atom is -0.507 e. The highest BCUT2D eigenvalue weighted by molar-refractivity contribution is 7.98. The first-order valence-corrected chi connectivity index (χ1v) is 11.9. The van der Waals surface area contributed by atoms with Gasteiger partial charge in [-0.05, 0) is 37.3 Å². The molecule has 4 nitrogen and oxygen atoms in total. The SMILES string of the molecule is CCCCC1CCN(c2ccc(F)c(F)c2)c2cc(SC)c(O)cc2S1(=O)=O. The lowest BCUT2D eigenvalue weighted by Gasteiger charge is -2.25. The summed E-state index contributed by atoms with van der Waals surface area (Å²) in [6.45, 7) is 2.35. The minimum atomic E-state index is -3.68. The Bertz CT molecular complexity index is 980. The normalized spacial score (nSPS) is 18.6. The molecule has 0 aromatic heterocycles. The lowest BCUT2D eigenvalue weighted by molar-refractivity contribution is 0.460. The van der Waals surface area contributed by atoms with Gasteiger partial charge in [-0.3, -0.25) is 0 Å². The van der Waals surface area contributed by atoms with Crippen LogP contribution in [0.25, 0.3) is 0 Å². The van der Waals surface area contributed by atoms with Crippen LogP contribution in [0.3, 0.4) is 0 Å². The monoisotopic (exact) mass is 427 g/mol. The predicted molar refractivity (Wildman–Crippen MR) is 108 cm³/mol. The van der Waals surface area contributed by atoms with Gasteiger partial charge in [0.05, 0.1) is 20.7 Å². The standard InChI is InChI=1S/C20H23F2NO3S2/c1-3-4-5-14-8-9-23(13-6-7-15(21)16(22)10-13)17-11-19(27-2)18(24)12-20(17)28(14,25)26/h6-7,10-12,14,24H,3-5,8-9H2,1-2H3. The molecule has 0 spiro atoms. The molecule has 1 unspecified atom stereocenters. The van der Waals surface area contributed by atoms with Gasteiger partial charge in [0.15, 0.2) is 21.5 Å². The van der Waals surface area contributed by atoms with Crippen molar-refractivity contribution in [2.45, 2.75) is 47.6 Å². The van der Waals surface area contributed by atoms with E-state index in [9.17, 15) is 22.3 Å². The third kappa shape index (κ3) is 3.85. The number of phenols is 1. The van der Waals surface area contributed by atoms with Crippen molar-refractivity contribution in [2.75, 3.05) is 17.7 Å². The highest BCUT2D eigenvalue weighted by Crippen LogP contribution is 2.43. The maximum Gasteiger partial charge on any atom is 0.183 e. The van der Waals surface area contributed by atoms with Crippen LogP contribution in [0, 0.1) is 11.6 Å². The number of halogens is 2. The number of thioether (sulfide) groups is 1. The van der Waals surface area contributed by atoms with Crippen molar-refractivity contribution >= 4 is 33.0 Å². The molecule has 0 saturated carbocycles. The molecule has 1 N–H and O–H groups in total. The molecule has 152 valence electrons. The summed E-state index contributed by atoms with van der Waals surface area (Å²) >= 11 is 1.29. The van der Waals surface area contributed by atoms with E-state index in [2.05, 4.69) is 0 Å². The third-order valence-electron chi connectivity index (χ3n) is 5.07. The summed E-state index contributed by atoms with van der Waals surface area (Å²) < 4.78 is 53.9. The molecule has 0 fully saturated rings. The van der Waals surface area contributed by atoms with E-state index < -0.39 is 26.7 Å². The number of anilines is 2. The molecule has 0 bridgehead atoms. The Morgan fingerprint density at radius 3 is 2.61 bits per heavy atom. The molecule has 8 heteroatoms. The van der Waals surface area contributed by atoms with E-state index in [1.807, 2.05) is 6.92 Å². The van der Waals surface area contributed by atoms with Crippen molar-refractivity contribution in [3.05, 3.63) is 42.0 Å². The first-order valence-electron chi connectivity index (χ1n) is 9.17. The third-order valence-corrected chi connectivity index (χ3v) is 8.12. The number of hydrogen-bond donors (Lipinski definition) is 1. The summed E-state index contributed by atoms with van der Waals surface area (Å²) in [4.78, 5) is 2.25. The van der Waals surface area contributed by atoms with Gasteiger partial charge in [-0.15, -0.1) is 11.8 Å². The van der Waals surface area contributed by atoms with E-state index in [0.717, 1.165) is 25.0 Å². The molecule has 1 aliphatic heterocycles. The maximum atomic E-state index is 13.9. The number of fused-ring (bicyclic) bond motifs is 1. The second kappa shape index (κ2) is 8.29. The molecular formula is C20H23F2NO3S2. The second-order valence-corrected chi connectivity index (χ2v) is 9.88. The molecule has 0 amide bonds. The zero-order chi connectivity index (χ0) is 20.5. The van der Waals surface area contributed by atoms with Crippen molar-refractivity contribution < 1.29 is 22.3 Å². The van der Waals surface area contributed by atoms with Crippen LogP contribution in [0.4, 0.5) is 20.2 Å². The van der Waals surface area contributed by atoms with Crippen LogP contribution < -0.4 is 4.90 Å². The Hall–Kier alpha value is -1.80. The Kier molecular flexibility index (Phi) is 6.19. The number of hydrogen-bond acceptors (Lipinski definition) is 5. The molecule has 2 aromatic rings. The average molecular weight is 428 g/mol. The number of phenolic OH excluding ortho intramolecular Hbond substituents is 1. The molecule has 0 aliphatic carbocycles. The minimum absolute atomic E-state index is 0.0335. The van der Waals surface area contributed by atoms with Crippen LogP contribution in [-0.4, -0.2) is 31.6 Å². The summed E-state index contributed by atoms with van der Waals surface area (Å²) in [5.74, 6) is -2.04. The van der Waals surface area contributed by atoms with E-state index in [1.165, 1.54) is 23.9 Å². The van der Waals surface area contributed by atoms with Crippen LogP contribution in [0.5, 0.6) is 5.75 Å². The van der Waals surface area contributed by atoms with Crippen LogP contribution in [0.1, 0.15) is 32.6 Å². The molecule has 1 heterocycles. The van der Waals surface area contributed by atoms with E-state index in [1.54, 1.807) is 17.2 Å². The van der Waals surface area contributed by atoms with Gasteiger partial charge in [0.25, 0.3) is 0 Å². The molecule has 1 atom stereocenters. The molecular weight excluding hydrogens is 404 g/mol. The largest absolute Gasteiger partial charge is 0.507 e. The topological polar surface area (TPSA) is 57.6 Å². The number of unbranched alkanes of at least 4 members (excludes halogenated alkanes) is 1. The smallest absolute Gasteiger partial charge is 0.183 e. The van der Waals surface area contributed by atoms with Crippen molar-refractivity contribution in [2.24, 2.45) is 0 Å².